The van der Waals surface area contributed by atoms with Gasteiger partial charge in [-0.15, -0.1) is 0 Å². The van der Waals surface area contributed by atoms with Crippen LogP contribution in [0.3, 0.4) is 0 Å². The maximum atomic E-state index is 13.2. The second-order valence-corrected chi connectivity index (χ2v) is 6.46. The van der Waals surface area contributed by atoms with E-state index in [0.717, 1.165) is 11.1 Å². The molecule has 0 spiro atoms. The number of carbonyl (C=O) groups is 1. The van der Waals surface area contributed by atoms with Crippen LogP contribution in [0.5, 0.6) is 11.6 Å². The third kappa shape index (κ3) is 6.58. The first-order chi connectivity index (χ1) is 14.1. The number of nitrogens with one attached hydrogen (secondary N) is 2. The number of hydrogen-bond acceptors (Lipinski definition) is 4. The van der Waals surface area contributed by atoms with Gasteiger partial charge in [0, 0.05) is 24.9 Å². The molecule has 2 amide bonds. The fourth-order valence-corrected chi connectivity index (χ4v) is 2.71. The largest absolute Gasteiger partial charge is 0.439 e. The van der Waals surface area contributed by atoms with Crippen molar-refractivity contribution in [3.05, 3.63) is 89.9 Å². The first kappa shape index (κ1) is 20.3. The van der Waals surface area contributed by atoms with Gasteiger partial charge in [-0.1, -0.05) is 42.5 Å². The van der Waals surface area contributed by atoms with Crippen LogP contribution in [0.25, 0.3) is 0 Å². The van der Waals surface area contributed by atoms with E-state index < -0.39 is 0 Å². The molecule has 3 N–H and O–H groups in total. The van der Waals surface area contributed by atoms with E-state index in [9.17, 15) is 14.3 Å². The molecule has 0 aliphatic heterocycles. The number of halogens is 1. The zero-order chi connectivity index (χ0) is 20.5. The van der Waals surface area contributed by atoms with Crippen molar-refractivity contribution in [3.63, 3.8) is 0 Å². The minimum atomic E-state index is -0.386. The van der Waals surface area contributed by atoms with E-state index in [1.807, 2.05) is 30.3 Å². The van der Waals surface area contributed by atoms with Gasteiger partial charge in [-0.05, 0) is 29.7 Å². The molecule has 7 heteroatoms. The molecule has 0 aliphatic carbocycles. The van der Waals surface area contributed by atoms with Crippen LogP contribution < -0.4 is 15.4 Å². The van der Waals surface area contributed by atoms with Gasteiger partial charge in [0.2, 0.25) is 5.88 Å². The number of aromatic nitrogens is 1. The molecular formula is C22H22FN3O3. The normalized spacial score (nSPS) is 11.5. The van der Waals surface area contributed by atoms with E-state index in [-0.39, 0.29) is 31.0 Å². The van der Waals surface area contributed by atoms with Gasteiger partial charge in [-0.3, -0.25) is 0 Å². The van der Waals surface area contributed by atoms with E-state index in [4.69, 9.17) is 4.74 Å². The summed E-state index contributed by atoms with van der Waals surface area (Å²) in [5, 5.41) is 15.0. The van der Waals surface area contributed by atoms with Gasteiger partial charge in [0.05, 0.1) is 12.6 Å². The van der Waals surface area contributed by atoms with Gasteiger partial charge in [-0.25, -0.2) is 14.2 Å². The van der Waals surface area contributed by atoms with E-state index in [0.29, 0.717) is 18.1 Å². The zero-order valence-corrected chi connectivity index (χ0v) is 15.7. The molecule has 2 aromatic carbocycles. The number of nitrogens with zero attached hydrogens (tertiary/aromatic N) is 1. The van der Waals surface area contributed by atoms with E-state index in [1.165, 1.54) is 12.1 Å². The van der Waals surface area contributed by atoms with Crippen molar-refractivity contribution in [3.8, 4) is 11.6 Å². The summed E-state index contributed by atoms with van der Waals surface area (Å²) in [7, 11) is 0. The Hall–Kier alpha value is -3.45. The number of carbonyl (C=O) groups excluding carboxylic acids is 1. The predicted octanol–water partition coefficient (Wildman–Crippen LogP) is 3.42. The standard InChI is InChI=1S/C22H22FN3O3/c23-18-7-4-8-20(12-18)29-21-10-9-17(13-24-21)14-25-22(28)26-19(15-27)11-16-5-2-1-3-6-16/h1-10,12-13,19,27H,11,14-15H2,(H2,25,26,28). The lowest BCUT2D eigenvalue weighted by Gasteiger charge is -2.17. The van der Waals surface area contributed by atoms with Gasteiger partial charge >= 0.3 is 6.03 Å². The Labute approximate surface area is 168 Å². The third-order valence-electron chi connectivity index (χ3n) is 4.15. The van der Waals surface area contributed by atoms with Gasteiger partial charge in [-0.2, -0.15) is 0 Å². The molecule has 3 rings (SSSR count). The Bertz CT molecular complexity index is 920. The highest BCUT2D eigenvalue weighted by molar-refractivity contribution is 5.74. The van der Waals surface area contributed by atoms with Crippen molar-refractivity contribution >= 4 is 6.03 Å². The van der Waals surface area contributed by atoms with Gasteiger partial charge in [0.1, 0.15) is 11.6 Å². The number of aliphatic hydroxyl groups excluding tert-OH is 1. The summed E-state index contributed by atoms with van der Waals surface area (Å²) < 4.78 is 18.7. The van der Waals surface area contributed by atoms with Crippen LogP contribution >= 0.6 is 0 Å². The minimum absolute atomic E-state index is 0.157. The number of aliphatic hydroxyl groups is 1. The number of rotatable bonds is 8. The second kappa shape index (κ2) is 10.2. The Balaban J connectivity index is 1.47. The number of hydrogen-bond donors (Lipinski definition) is 3. The Kier molecular flexibility index (Phi) is 7.13. The van der Waals surface area contributed by atoms with Crippen molar-refractivity contribution in [1.29, 1.82) is 0 Å². The highest BCUT2D eigenvalue weighted by atomic mass is 19.1. The molecule has 0 bridgehead atoms. The van der Waals surface area contributed by atoms with Gasteiger partial charge < -0.3 is 20.5 Å². The molecule has 0 saturated heterocycles. The number of amides is 2. The molecule has 1 atom stereocenters. The quantitative estimate of drug-likeness (QED) is 0.546. The van der Waals surface area contributed by atoms with Crippen LogP contribution in [-0.4, -0.2) is 28.8 Å². The smallest absolute Gasteiger partial charge is 0.315 e. The van der Waals surface area contributed by atoms with Crippen molar-refractivity contribution in [2.24, 2.45) is 0 Å². The summed E-state index contributed by atoms with van der Waals surface area (Å²) in [5.41, 5.74) is 1.81. The SMILES string of the molecule is O=C(NCc1ccc(Oc2cccc(F)c2)nc1)NC(CO)Cc1ccccc1. The number of ether oxygens (including phenoxy) is 1. The summed E-state index contributed by atoms with van der Waals surface area (Å²) in [6, 6.07) is 18.1. The first-order valence-electron chi connectivity index (χ1n) is 9.20. The molecule has 6 nitrogen and oxygen atoms in total. The topological polar surface area (TPSA) is 83.5 Å². The molecule has 1 unspecified atom stereocenters. The molecule has 1 aromatic heterocycles. The lowest BCUT2D eigenvalue weighted by atomic mass is 10.1. The van der Waals surface area contributed by atoms with Crippen LogP contribution in [0.1, 0.15) is 11.1 Å². The number of pyridine rings is 1. The summed E-state index contributed by atoms with van der Waals surface area (Å²) in [6.07, 6.45) is 2.11. The number of benzene rings is 2. The highest BCUT2D eigenvalue weighted by Crippen LogP contribution is 2.19. The zero-order valence-electron chi connectivity index (χ0n) is 15.7. The van der Waals surface area contributed by atoms with Crippen LogP contribution in [0.2, 0.25) is 0 Å². The monoisotopic (exact) mass is 395 g/mol. The van der Waals surface area contributed by atoms with Crippen LogP contribution in [-0.2, 0) is 13.0 Å². The molecule has 150 valence electrons. The Morgan fingerprint density at radius 2 is 1.90 bits per heavy atom. The van der Waals surface area contributed by atoms with Crippen molar-refractivity contribution in [2.75, 3.05) is 6.61 Å². The molecule has 0 fully saturated rings. The van der Waals surface area contributed by atoms with Crippen molar-refractivity contribution in [2.45, 2.75) is 19.0 Å². The predicted molar refractivity (Wildman–Crippen MR) is 107 cm³/mol. The highest BCUT2D eigenvalue weighted by Gasteiger charge is 2.12. The van der Waals surface area contributed by atoms with E-state index in [2.05, 4.69) is 15.6 Å². The summed E-state index contributed by atoms with van der Waals surface area (Å²) in [4.78, 5) is 16.3. The molecule has 0 radical (unpaired) electrons. The molecule has 0 saturated carbocycles. The van der Waals surface area contributed by atoms with E-state index >= 15 is 0 Å². The van der Waals surface area contributed by atoms with Crippen LogP contribution in [0.15, 0.2) is 72.9 Å². The van der Waals surface area contributed by atoms with Crippen LogP contribution in [0, 0.1) is 5.82 Å². The first-order valence-corrected chi connectivity index (χ1v) is 9.20. The fourth-order valence-electron chi connectivity index (χ4n) is 2.71. The number of urea groups is 1. The molecule has 29 heavy (non-hydrogen) atoms. The van der Waals surface area contributed by atoms with Gasteiger partial charge in [0.25, 0.3) is 0 Å². The van der Waals surface area contributed by atoms with E-state index in [1.54, 1.807) is 30.5 Å². The minimum Gasteiger partial charge on any atom is -0.439 e. The summed E-state index contributed by atoms with van der Waals surface area (Å²) in [5.74, 6) is 0.297. The van der Waals surface area contributed by atoms with Gasteiger partial charge in [0.15, 0.2) is 0 Å². The molecule has 3 aromatic rings. The lowest BCUT2D eigenvalue weighted by molar-refractivity contribution is 0.215. The maximum absolute atomic E-state index is 13.2. The average molecular weight is 395 g/mol. The lowest BCUT2D eigenvalue weighted by Crippen LogP contribution is -2.44. The summed E-state index contributed by atoms with van der Waals surface area (Å²) >= 11 is 0. The Morgan fingerprint density at radius 1 is 1.07 bits per heavy atom. The molecular weight excluding hydrogens is 373 g/mol. The Morgan fingerprint density at radius 3 is 2.59 bits per heavy atom. The second-order valence-electron chi connectivity index (χ2n) is 6.46. The maximum Gasteiger partial charge on any atom is 0.315 e. The summed E-state index contributed by atoms with van der Waals surface area (Å²) in [6.45, 7) is 0.110. The average Bonchev–Trinajstić information content (AvgIpc) is 2.73. The van der Waals surface area contributed by atoms with Crippen molar-refractivity contribution in [1.82, 2.24) is 15.6 Å². The molecule has 1 heterocycles. The van der Waals surface area contributed by atoms with Crippen LogP contribution in [0.4, 0.5) is 9.18 Å². The third-order valence-corrected chi connectivity index (χ3v) is 4.15. The fraction of sp³-hybridized carbons (Fsp3) is 0.182. The molecule has 0 aliphatic rings. The van der Waals surface area contributed by atoms with Crippen molar-refractivity contribution < 1.29 is 19.0 Å².